The summed E-state index contributed by atoms with van der Waals surface area (Å²) < 4.78 is 13.6. The number of hydrogen-bond donors (Lipinski definition) is 2. The molecule has 1 aliphatic heterocycles. The van der Waals surface area contributed by atoms with Crippen molar-refractivity contribution in [1.29, 1.82) is 0 Å². The van der Waals surface area contributed by atoms with E-state index in [2.05, 4.69) is 10.6 Å². The Morgan fingerprint density at radius 2 is 2.29 bits per heavy atom. The second kappa shape index (κ2) is 5.47. The molecule has 1 aliphatic rings. The smallest absolute Gasteiger partial charge is 0.241 e. The van der Waals surface area contributed by atoms with E-state index in [4.69, 9.17) is 11.6 Å². The third-order valence-corrected chi connectivity index (χ3v) is 3.13. The molecule has 1 aromatic rings. The Labute approximate surface area is 104 Å². The zero-order valence-corrected chi connectivity index (χ0v) is 10.1. The van der Waals surface area contributed by atoms with Crippen molar-refractivity contribution in [2.24, 2.45) is 0 Å². The molecular formula is C12H14ClFN2O. The topological polar surface area (TPSA) is 41.1 Å². The Balaban J connectivity index is 2.04. The molecule has 1 atom stereocenters. The third-order valence-electron chi connectivity index (χ3n) is 2.84. The molecular weight excluding hydrogens is 243 g/mol. The molecule has 1 fully saturated rings. The normalized spacial score (nSPS) is 20.0. The molecule has 17 heavy (non-hydrogen) atoms. The van der Waals surface area contributed by atoms with Crippen LogP contribution in [0.1, 0.15) is 19.3 Å². The van der Waals surface area contributed by atoms with Crippen LogP contribution in [0, 0.1) is 5.82 Å². The van der Waals surface area contributed by atoms with Crippen LogP contribution in [0.4, 0.5) is 10.1 Å². The highest BCUT2D eigenvalue weighted by Gasteiger charge is 2.21. The second-order valence-corrected chi connectivity index (χ2v) is 4.50. The van der Waals surface area contributed by atoms with Crippen molar-refractivity contribution in [2.45, 2.75) is 25.3 Å². The minimum absolute atomic E-state index is 0.0133. The highest BCUT2D eigenvalue weighted by Crippen LogP contribution is 2.22. The maximum Gasteiger partial charge on any atom is 0.241 e. The summed E-state index contributed by atoms with van der Waals surface area (Å²) in [6.45, 7) is 0.829. The lowest BCUT2D eigenvalue weighted by atomic mass is 10.0. The Kier molecular flexibility index (Phi) is 3.97. The first kappa shape index (κ1) is 12.3. The van der Waals surface area contributed by atoms with Crippen LogP contribution >= 0.6 is 11.6 Å². The molecule has 1 amide bonds. The van der Waals surface area contributed by atoms with Gasteiger partial charge in [0.1, 0.15) is 0 Å². The van der Waals surface area contributed by atoms with Gasteiger partial charge in [0.15, 0.2) is 5.82 Å². The number of hydrogen-bond acceptors (Lipinski definition) is 2. The fourth-order valence-corrected chi connectivity index (χ4v) is 2.07. The van der Waals surface area contributed by atoms with Crippen molar-refractivity contribution in [3.05, 3.63) is 29.0 Å². The largest absolute Gasteiger partial charge is 0.322 e. The van der Waals surface area contributed by atoms with E-state index in [0.29, 0.717) is 0 Å². The van der Waals surface area contributed by atoms with Crippen molar-refractivity contribution in [3.63, 3.8) is 0 Å². The lowest BCUT2D eigenvalue weighted by molar-refractivity contribution is -0.118. The fourth-order valence-electron chi connectivity index (χ4n) is 1.90. The first-order chi connectivity index (χ1) is 8.18. The monoisotopic (exact) mass is 256 g/mol. The van der Waals surface area contributed by atoms with Crippen molar-refractivity contribution in [1.82, 2.24) is 5.32 Å². The van der Waals surface area contributed by atoms with E-state index in [1.165, 1.54) is 12.1 Å². The van der Waals surface area contributed by atoms with Gasteiger partial charge >= 0.3 is 0 Å². The predicted octanol–water partition coefficient (Wildman–Crippen LogP) is 2.56. The Hall–Kier alpha value is -1.13. The number of carbonyl (C=O) groups excluding carboxylic acids is 1. The van der Waals surface area contributed by atoms with Gasteiger partial charge in [0.25, 0.3) is 0 Å². The van der Waals surface area contributed by atoms with Gasteiger partial charge in [-0.15, -0.1) is 0 Å². The van der Waals surface area contributed by atoms with E-state index in [0.717, 1.165) is 25.8 Å². The molecule has 1 unspecified atom stereocenters. The van der Waals surface area contributed by atoms with E-state index in [9.17, 15) is 9.18 Å². The summed E-state index contributed by atoms with van der Waals surface area (Å²) in [4.78, 5) is 11.8. The number of carbonyl (C=O) groups is 1. The van der Waals surface area contributed by atoms with Gasteiger partial charge in [0, 0.05) is 0 Å². The summed E-state index contributed by atoms with van der Waals surface area (Å²) in [6, 6.07) is 4.32. The Bertz CT molecular complexity index is 419. The van der Waals surface area contributed by atoms with Crippen molar-refractivity contribution < 1.29 is 9.18 Å². The van der Waals surface area contributed by atoms with E-state index in [1.54, 1.807) is 6.07 Å². The maximum atomic E-state index is 13.6. The van der Waals surface area contributed by atoms with E-state index < -0.39 is 5.82 Å². The summed E-state index contributed by atoms with van der Waals surface area (Å²) in [5.41, 5.74) is 0.134. The molecule has 0 spiro atoms. The van der Waals surface area contributed by atoms with Crippen molar-refractivity contribution in [2.75, 3.05) is 11.9 Å². The minimum Gasteiger partial charge on any atom is -0.322 e. The summed E-state index contributed by atoms with van der Waals surface area (Å²) >= 11 is 5.64. The fraction of sp³-hybridized carbons (Fsp3) is 0.417. The molecule has 0 aromatic heterocycles. The molecule has 1 heterocycles. The zero-order valence-electron chi connectivity index (χ0n) is 9.30. The van der Waals surface area contributed by atoms with Gasteiger partial charge in [0.2, 0.25) is 5.91 Å². The average Bonchev–Trinajstić information content (AvgIpc) is 2.36. The van der Waals surface area contributed by atoms with Crippen LogP contribution in [0.3, 0.4) is 0 Å². The summed E-state index contributed by atoms with van der Waals surface area (Å²) in [6.07, 6.45) is 2.88. The molecule has 0 bridgehead atoms. The molecule has 1 saturated heterocycles. The Morgan fingerprint density at radius 3 is 3.00 bits per heavy atom. The van der Waals surface area contributed by atoms with Crippen LogP contribution in [0.15, 0.2) is 18.2 Å². The van der Waals surface area contributed by atoms with Crippen LogP contribution < -0.4 is 10.6 Å². The predicted molar refractivity (Wildman–Crippen MR) is 65.7 cm³/mol. The molecule has 0 saturated carbocycles. The summed E-state index contributed by atoms with van der Waals surface area (Å²) in [7, 11) is 0. The number of nitrogens with one attached hydrogen (secondary N) is 2. The molecule has 3 nitrogen and oxygen atoms in total. The van der Waals surface area contributed by atoms with Gasteiger partial charge < -0.3 is 10.6 Å². The first-order valence-electron chi connectivity index (χ1n) is 5.67. The van der Waals surface area contributed by atoms with Gasteiger partial charge in [-0.3, -0.25) is 4.79 Å². The molecule has 0 radical (unpaired) electrons. The molecule has 2 rings (SSSR count). The first-order valence-corrected chi connectivity index (χ1v) is 6.04. The van der Waals surface area contributed by atoms with Crippen LogP contribution in [-0.2, 0) is 4.79 Å². The van der Waals surface area contributed by atoms with E-state index in [-0.39, 0.29) is 22.7 Å². The van der Waals surface area contributed by atoms with Crippen LogP contribution in [0.2, 0.25) is 5.02 Å². The zero-order chi connectivity index (χ0) is 12.3. The number of benzene rings is 1. The number of anilines is 1. The van der Waals surface area contributed by atoms with Crippen LogP contribution in [-0.4, -0.2) is 18.5 Å². The third kappa shape index (κ3) is 2.96. The molecule has 2 N–H and O–H groups in total. The van der Waals surface area contributed by atoms with Crippen LogP contribution in [0.5, 0.6) is 0 Å². The Morgan fingerprint density at radius 1 is 1.47 bits per heavy atom. The van der Waals surface area contributed by atoms with E-state index >= 15 is 0 Å². The van der Waals surface area contributed by atoms with Gasteiger partial charge in [-0.1, -0.05) is 24.1 Å². The molecule has 1 aromatic carbocycles. The van der Waals surface area contributed by atoms with Gasteiger partial charge in [-0.2, -0.15) is 0 Å². The average molecular weight is 257 g/mol. The SMILES string of the molecule is O=C(Nc1cccc(Cl)c1F)C1CCCCN1. The van der Waals surface area contributed by atoms with E-state index in [1.807, 2.05) is 0 Å². The second-order valence-electron chi connectivity index (χ2n) is 4.09. The quantitative estimate of drug-likeness (QED) is 0.854. The number of amides is 1. The number of halogens is 2. The minimum atomic E-state index is -0.585. The molecule has 5 heteroatoms. The molecule has 92 valence electrons. The van der Waals surface area contributed by atoms with Gasteiger partial charge in [0.05, 0.1) is 16.8 Å². The highest BCUT2D eigenvalue weighted by atomic mass is 35.5. The number of rotatable bonds is 2. The van der Waals surface area contributed by atoms with Crippen molar-refractivity contribution >= 4 is 23.2 Å². The van der Waals surface area contributed by atoms with Gasteiger partial charge in [-0.25, -0.2) is 4.39 Å². The van der Waals surface area contributed by atoms with Crippen molar-refractivity contribution in [3.8, 4) is 0 Å². The van der Waals surface area contributed by atoms with Crippen LogP contribution in [0.25, 0.3) is 0 Å². The molecule has 0 aliphatic carbocycles. The summed E-state index contributed by atoms with van der Waals surface area (Å²) in [5, 5.41) is 5.68. The lowest BCUT2D eigenvalue weighted by Crippen LogP contribution is -2.43. The highest BCUT2D eigenvalue weighted by molar-refractivity contribution is 6.31. The standard InChI is InChI=1S/C12H14ClFN2O/c13-8-4-3-6-9(11(8)14)16-12(17)10-5-1-2-7-15-10/h3-4,6,10,15H,1-2,5,7H2,(H,16,17). The van der Waals surface area contributed by atoms with Gasteiger partial charge in [-0.05, 0) is 31.5 Å². The maximum absolute atomic E-state index is 13.6. The lowest BCUT2D eigenvalue weighted by Gasteiger charge is -2.22. The number of piperidine rings is 1. The summed E-state index contributed by atoms with van der Waals surface area (Å²) in [5.74, 6) is -0.788.